The number of nitrogens with zero attached hydrogens (tertiary/aromatic N) is 1. The number of carbonyl (C=O) groups excluding carboxylic acids is 2. The van der Waals surface area contributed by atoms with Crippen LogP contribution in [0, 0.1) is 0 Å². The van der Waals surface area contributed by atoms with Gasteiger partial charge < -0.3 is 9.47 Å². The van der Waals surface area contributed by atoms with E-state index in [4.69, 9.17) is 9.47 Å². The molecule has 1 aromatic rings. The molecule has 134 valence electrons. The molecule has 25 heavy (non-hydrogen) atoms. The average molecular weight is 362 g/mol. The molecule has 0 saturated carbocycles. The zero-order chi connectivity index (χ0) is 17.6. The van der Waals surface area contributed by atoms with E-state index in [1.54, 1.807) is 19.3 Å². The van der Waals surface area contributed by atoms with Gasteiger partial charge in [0.15, 0.2) is 0 Å². The van der Waals surface area contributed by atoms with Crippen LogP contribution in [0.3, 0.4) is 0 Å². The molecule has 1 aromatic carbocycles. The van der Waals surface area contributed by atoms with Crippen molar-refractivity contribution in [3.63, 3.8) is 0 Å². The van der Waals surface area contributed by atoms with Crippen LogP contribution in [-0.2, 0) is 4.79 Å². The summed E-state index contributed by atoms with van der Waals surface area (Å²) in [5.41, 5.74) is 0.727. The summed E-state index contributed by atoms with van der Waals surface area (Å²) in [6.07, 6.45) is 5.48. The molecular weight excluding hydrogens is 340 g/mol. The molecule has 0 atom stereocenters. The maximum Gasteiger partial charge on any atom is 0.290 e. The third-order valence-corrected chi connectivity index (χ3v) is 5.07. The Morgan fingerprint density at radius 2 is 2.04 bits per heavy atom. The average Bonchev–Trinajstić information content (AvgIpc) is 2.94. The van der Waals surface area contributed by atoms with Crippen LogP contribution in [0.2, 0.25) is 0 Å². The van der Waals surface area contributed by atoms with Gasteiger partial charge in [-0.15, -0.1) is 0 Å². The molecule has 2 saturated heterocycles. The van der Waals surface area contributed by atoms with Crippen LogP contribution in [0.1, 0.15) is 24.8 Å². The number of carbonyl (C=O) groups is 2. The minimum atomic E-state index is -0.378. The molecule has 2 aliphatic heterocycles. The lowest BCUT2D eigenvalue weighted by Crippen LogP contribution is -2.33. The lowest BCUT2D eigenvalue weighted by atomic mass is 10.1. The van der Waals surface area contributed by atoms with Gasteiger partial charge in [0.05, 0.1) is 12.0 Å². The van der Waals surface area contributed by atoms with Gasteiger partial charge in [-0.1, -0.05) is 6.42 Å². The number of imide groups is 1. The Morgan fingerprint density at radius 1 is 1.24 bits per heavy atom. The van der Waals surface area contributed by atoms with E-state index in [1.807, 2.05) is 12.1 Å². The van der Waals surface area contributed by atoms with Crippen LogP contribution in [0.4, 0.5) is 4.79 Å². The van der Waals surface area contributed by atoms with E-state index >= 15 is 0 Å². The SMILES string of the molecule is COc1ccc(OCCN2CCCCC2)c(C=C2SC(=O)NC2=O)c1. The molecule has 2 aliphatic rings. The van der Waals surface area contributed by atoms with Crippen LogP contribution in [0.5, 0.6) is 11.5 Å². The number of rotatable bonds is 6. The highest BCUT2D eigenvalue weighted by Crippen LogP contribution is 2.31. The molecule has 3 rings (SSSR count). The topological polar surface area (TPSA) is 67.9 Å². The molecule has 0 radical (unpaired) electrons. The van der Waals surface area contributed by atoms with Crippen molar-refractivity contribution < 1.29 is 19.1 Å². The second-order valence-electron chi connectivity index (χ2n) is 6.01. The van der Waals surface area contributed by atoms with Crippen LogP contribution in [-0.4, -0.2) is 49.4 Å². The van der Waals surface area contributed by atoms with E-state index < -0.39 is 0 Å². The Morgan fingerprint density at radius 3 is 2.72 bits per heavy atom. The van der Waals surface area contributed by atoms with Gasteiger partial charge in [0.1, 0.15) is 18.1 Å². The number of methoxy groups -OCH3 is 1. The summed E-state index contributed by atoms with van der Waals surface area (Å²) >= 11 is 0.894. The van der Waals surface area contributed by atoms with Crippen molar-refractivity contribution in [2.75, 3.05) is 33.4 Å². The first-order valence-electron chi connectivity index (χ1n) is 8.44. The van der Waals surface area contributed by atoms with Gasteiger partial charge in [0.25, 0.3) is 11.1 Å². The van der Waals surface area contributed by atoms with E-state index in [0.717, 1.165) is 37.0 Å². The number of benzene rings is 1. The molecule has 1 N–H and O–H groups in total. The Labute approximate surface area is 151 Å². The van der Waals surface area contributed by atoms with Crippen molar-refractivity contribution in [2.45, 2.75) is 19.3 Å². The number of piperidine rings is 1. The quantitative estimate of drug-likeness (QED) is 0.785. The number of thioether (sulfide) groups is 1. The predicted octanol–water partition coefficient (Wildman–Crippen LogP) is 2.88. The van der Waals surface area contributed by atoms with E-state index in [9.17, 15) is 9.59 Å². The zero-order valence-electron chi connectivity index (χ0n) is 14.2. The summed E-state index contributed by atoms with van der Waals surface area (Å²) in [6.45, 7) is 3.72. The van der Waals surface area contributed by atoms with E-state index in [1.165, 1.54) is 19.3 Å². The largest absolute Gasteiger partial charge is 0.497 e. The normalized spacial score (nSPS) is 20.0. The number of ether oxygens (including phenoxy) is 2. The van der Waals surface area contributed by atoms with Gasteiger partial charge in [-0.3, -0.25) is 19.8 Å². The summed E-state index contributed by atoms with van der Waals surface area (Å²) in [4.78, 5) is 25.9. The molecule has 0 unspecified atom stereocenters. The third-order valence-electron chi connectivity index (χ3n) is 4.26. The Balaban J connectivity index is 1.70. The molecule has 0 bridgehead atoms. The smallest absolute Gasteiger partial charge is 0.290 e. The Kier molecular flexibility index (Phi) is 5.99. The molecule has 2 fully saturated rings. The number of hydrogen-bond donors (Lipinski definition) is 1. The van der Waals surface area contributed by atoms with E-state index in [2.05, 4.69) is 10.2 Å². The standard InChI is InChI=1S/C18H22N2O4S/c1-23-14-5-6-15(24-10-9-20-7-3-2-4-8-20)13(11-14)12-16-17(21)19-18(22)25-16/h5-6,11-12H,2-4,7-10H2,1H3,(H,19,21,22). The van der Waals surface area contributed by atoms with Crippen LogP contribution < -0.4 is 14.8 Å². The van der Waals surface area contributed by atoms with Gasteiger partial charge in [-0.25, -0.2) is 0 Å². The van der Waals surface area contributed by atoms with Crippen LogP contribution in [0.15, 0.2) is 23.1 Å². The molecule has 0 aromatic heterocycles. The van der Waals surface area contributed by atoms with Gasteiger partial charge in [-0.2, -0.15) is 0 Å². The maximum atomic E-state index is 11.8. The highest BCUT2D eigenvalue weighted by atomic mass is 32.2. The van der Waals surface area contributed by atoms with Crippen molar-refractivity contribution >= 4 is 29.0 Å². The minimum absolute atomic E-state index is 0.355. The first-order valence-corrected chi connectivity index (χ1v) is 9.25. The molecule has 0 spiro atoms. The summed E-state index contributed by atoms with van der Waals surface area (Å²) in [5.74, 6) is 0.972. The van der Waals surface area contributed by atoms with Gasteiger partial charge in [0.2, 0.25) is 0 Å². The molecule has 2 amide bonds. The van der Waals surface area contributed by atoms with Crippen molar-refractivity contribution in [3.05, 3.63) is 28.7 Å². The Hall–Kier alpha value is -1.99. The third kappa shape index (κ3) is 4.76. The fourth-order valence-corrected chi connectivity index (χ4v) is 3.60. The monoisotopic (exact) mass is 362 g/mol. The van der Waals surface area contributed by atoms with Crippen molar-refractivity contribution in [1.82, 2.24) is 10.2 Å². The first kappa shape index (κ1) is 17.8. The van der Waals surface area contributed by atoms with Crippen LogP contribution >= 0.6 is 11.8 Å². The second kappa shape index (κ2) is 8.40. The zero-order valence-corrected chi connectivity index (χ0v) is 15.1. The molecule has 7 heteroatoms. The van der Waals surface area contributed by atoms with Crippen LogP contribution in [0.25, 0.3) is 6.08 Å². The van der Waals surface area contributed by atoms with Gasteiger partial charge >= 0.3 is 0 Å². The summed E-state index contributed by atoms with van der Waals surface area (Å²) in [7, 11) is 1.59. The summed E-state index contributed by atoms with van der Waals surface area (Å²) in [5, 5.41) is 1.90. The highest BCUT2D eigenvalue weighted by Gasteiger charge is 2.25. The van der Waals surface area contributed by atoms with Gasteiger partial charge in [-0.05, 0) is 62.0 Å². The number of hydrogen-bond acceptors (Lipinski definition) is 6. The molecule has 0 aliphatic carbocycles. The number of likely N-dealkylation sites (tertiary alicyclic amines) is 1. The molecule has 6 nitrogen and oxygen atoms in total. The Bertz CT molecular complexity index is 684. The maximum absolute atomic E-state index is 11.8. The first-order chi connectivity index (χ1) is 12.2. The highest BCUT2D eigenvalue weighted by molar-refractivity contribution is 8.18. The number of nitrogens with one attached hydrogen (secondary N) is 1. The lowest BCUT2D eigenvalue weighted by molar-refractivity contribution is -0.115. The van der Waals surface area contributed by atoms with Gasteiger partial charge in [0, 0.05) is 12.1 Å². The lowest BCUT2D eigenvalue weighted by Gasteiger charge is -2.26. The second-order valence-corrected chi connectivity index (χ2v) is 7.02. The van der Waals surface area contributed by atoms with Crippen molar-refractivity contribution in [2.24, 2.45) is 0 Å². The molecular formula is C18H22N2O4S. The fourth-order valence-electron chi connectivity index (χ4n) is 2.93. The van der Waals surface area contributed by atoms with Crippen molar-refractivity contribution in [1.29, 1.82) is 0 Å². The summed E-state index contributed by atoms with van der Waals surface area (Å²) < 4.78 is 11.2. The molecule has 2 heterocycles. The predicted molar refractivity (Wildman–Crippen MR) is 97.9 cm³/mol. The minimum Gasteiger partial charge on any atom is -0.497 e. The fraction of sp³-hybridized carbons (Fsp3) is 0.444. The van der Waals surface area contributed by atoms with E-state index in [-0.39, 0.29) is 11.1 Å². The summed E-state index contributed by atoms with van der Waals surface area (Å²) in [6, 6.07) is 5.46. The number of amides is 2. The van der Waals surface area contributed by atoms with Crippen molar-refractivity contribution in [3.8, 4) is 11.5 Å². The van der Waals surface area contributed by atoms with E-state index in [0.29, 0.717) is 23.0 Å².